The van der Waals surface area contributed by atoms with Crippen molar-refractivity contribution in [3.8, 4) is 0 Å². The standard InChI is InChI=1S/C14H15ClN4OS/c1-9-16-6-10-8-19(5-4-12(10)18-9)14(20)17-7-11-2-3-13(15)21-11/h2-3,6H,4-5,7-8H2,1H3,(H,17,20). The quantitative estimate of drug-likeness (QED) is 0.925. The summed E-state index contributed by atoms with van der Waals surface area (Å²) in [6.45, 7) is 3.63. The van der Waals surface area contributed by atoms with Gasteiger partial charge in [-0.3, -0.25) is 0 Å². The zero-order chi connectivity index (χ0) is 14.8. The highest BCUT2D eigenvalue weighted by atomic mass is 35.5. The summed E-state index contributed by atoms with van der Waals surface area (Å²) in [5.74, 6) is 0.779. The van der Waals surface area contributed by atoms with E-state index in [2.05, 4.69) is 15.3 Å². The monoisotopic (exact) mass is 322 g/mol. The van der Waals surface area contributed by atoms with Crippen molar-refractivity contribution in [3.63, 3.8) is 0 Å². The average Bonchev–Trinajstić information content (AvgIpc) is 2.90. The number of carbonyl (C=O) groups is 1. The molecular weight excluding hydrogens is 308 g/mol. The Morgan fingerprint density at radius 3 is 3.14 bits per heavy atom. The molecule has 0 radical (unpaired) electrons. The summed E-state index contributed by atoms with van der Waals surface area (Å²) in [7, 11) is 0. The Balaban J connectivity index is 1.60. The Labute approximate surface area is 132 Å². The second kappa shape index (κ2) is 5.99. The molecule has 2 amide bonds. The fourth-order valence-electron chi connectivity index (χ4n) is 2.31. The van der Waals surface area contributed by atoms with E-state index < -0.39 is 0 Å². The number of amides is 2. The van der Waals surface area contributed by atoms with Gasteiger partial charge in [-0.15, -0.1) is 11.3 Å². The third-order valence-electron chi connectivity index (χ3n) is 3.38. The lowest BCUT2D eigenvalue weighted by molar-refractivity contribution is 0.191. The van der Waals surface area contributed by atoms with Crippen LogP contribution in [0.2, 0.25) is 4.34 Å². The van der Waals surface area contributed by atoms with Crippen LogP contribution in [0.3, 0.4) is 0 Å². The maximum atomic E-state index is 12.2. The fourth-order valence-corrected chi connectivity index (χ4v) is 3.34. The van der Waals surface area contributed by atoms with Crippen LogP contribution in [0.5, 0.6) is 0 Å². The van der Waals surface area contributed by atoms with E-state index in [-0.39, 0.29) is 6.03 Å². The van der Waals surface area contributed by atoms with Crippen LogP contribution in [0.1, 0.15) is 22.0 Å². The summed E-state index contributed by atoms with van der Waals surface area (Å²) in [4.78, 5) is 23.7. The highest BCUT2D eigenvalue weighted by Gasteiger charge is 2.21. The molecule has 0 fully saturated rings. The molecule has 0 unspecified atom stereocenters. The number of carbonyl (C=O) groups excluding carboxylic acids is 1. The van der Waals surface area contributed by atoms with Gasteiger partial charge in [0.15, 0.2) is 0 Å². The summed E-state index contributed by atoms with van der Waals surface area (Å²) < 4.78 is 0.735. The first-order chi connectivity index (χ1) is 10.1. The number of urea groups is 1. The van der Waals surface area contributed by atoms with Crippen LogP contribution in [0.15, 0.2) is 18.3 Å². The molecule has 1 aliphatic heterocycles. The highest BCUT2D eigenvalue weighted by Crippen LogP contribution is 2.21. The molecule has 0 saturated heterocycles. The Morgan fingerprint density at radius 1 is 1.52 bits per heavy atom. The van der Waals surface area contributed by atoms with E-state index in [1.54, 1.807) is 4.90 Å². The zero-order valence-corrected chi connectivity index (χ0v) is 13.2. The van der Waals surface area contributed by atoms with Crippen LogP contribution in [0.4, 0.5) is 4.79 Å². The van der Waals surface area contributed by atoms with Gasteiger partial charge in [0.1, 0.15) is 5.82 Å². The topological polar surface area (TPSA) is 58.1 Å². The van der Waals surface area contributed by atoms with Crippen LogP contribution < -0.4 is 5.32 Å². The molecular formula is C14H15ClN4OS. The van der Waals surface area contributed by atoms with Crippen molar-refractivity contribution in [2.75, 3.05) is 6.54 Å². The minimum absolute atomic E-state index is 0.0641. The van der Waals surface area contributed by atoms with Crippen molar-refractivity contribution >= 4 is 29.0 Å². The maximum absolute atomic E-state index is 12.2. The van der Waals surface area contributed by atoms with Crippen molar-refractivity contribution in [2.45, 2.75) is 26.4 Å². The maximum Gasteiger partial charge on any atom is 0.318 e. The lowest BCUT2D eigenvalue weighted by Crippen LogP contribution is -2.42. The molecule has 0 aromatic carbocycles. The molecule has 1 N–H and O–H groups in total. The van der Waals surface area contributed by atoms with E-state index in [9.17, 15) is 4.79 Å². The zero-order valence-electron chi connectivity index (χ0n) is 11.6. The summed E-state index contributed by atoms with van der Waals surface area (Å²) >= 11 is 7.35. The lowest BCUT2D eigenvalue weighted by atomic mass is 10.1. The minimum Gasteiger partial charge on any atom is -0.333 e. The van der Waals surface area contributed by atoms with Gasteiger partial charge in [-0.05, 0) is 19.1 Å². The second-order valence-electron chi connectivity index (χ2n) is 4.93. The molecule has 1 aliphatic rings. The molecule has 3 heterocycles. The van der Waals surface area contributed by atoms with E-state index in [1.165, 1.54) is 11.3 Å². The summed E-state index contributed by atoms with van der Waals surface area (Å²) in [5.41, 5.74) is 2.08. The third kappa shape index (κ3) is 3.33. The molecule has 0 aliphatic carbocycles. The Morgan fingerprint density at radius 2 is 2.38 bits per heavy atom. The first-order valence-electron chi connectivity index (χ1n) is 6.70. The molecule has 0 bridgehead atoms. The van der Waals surface area contributed by atoms with E-state index in [0.717, 1.165) is 32.7 Å². The summed E-state index contributed by atoms with van der Waals surface area (Å²) in [6, 6.07) is 3.70. The van der Waals surface area contributed by atoms with Gasteiger partial charge >= 0.3 is 6.03 Å². The Bertz CT molecular complexity index is 673. The van der Waals surface area contributed by atoms with Crippen LogP contribution in [0.25, 0.3) is 0 Å². The molecule has 5 nitrogen and oxygen atoms in total. The largest absolute Gasteiger partial charge is 0.333 e. The number of hydrogen-bond donors (Lipinski definition) is 1. The number of nitrogens with zero attached hydrogens (tertiary/aromatic N) is 3. The van der Waals surface area contributed by atoms with Gasteiger partial charge in [0.05, 0.1) is 23.1 Å². The van der Waals surface area contributed by atoms with Crippen LogP contribution in [0, 0.1) is 6.92 Å². The van der Waals surface area contributed by atoms with Crippen LogP contribution >= 0.6 is 22.9 Å². The number of aryl methyl sites for hydroxylation is 1. The molecule has 0 spiro atoms. The number of rotatable bonds is 2. The SMILES string of the molecule is Cc1ncc2c(n1)CCN(C(=O)NCc1ccc(Cl)s1)C2. The van der Waals surface area contributed by atoms with E-state index >= 15 is 0 Å². The van der Waals surface area contributed by atoms with Crippen molar-refractivity contribution < 1.29 is 4.79 Å². The molecule has 2 aromatic heterocycles. The van der Waals surface area contributed by atoms with E-state index in [1.807, 2.05) is 25.3 Å². The van der Waals surface area contributed by atoms with Gasteiger partial charge < -0.3 is 10.2 Å². The second-order valence-corrected chi connectivity index (χ2v) is 6.72. The van der Waals surface area contributed by atoms with Gasteiger partial charge in [0.2, 0.25) is 0 Å². The van der Waals surface area contributed by atoms with Crippen LogP contribution in [-0.4, -0.2) is 27.4 Å². The van der Waals surface area contributed by atoms with E-state index in [4.69, 9.17) is 11.6 Å². The number of thiophene rings is 1. The normalized spacial score (nSPS) is 13.9. The van der Waals surface area contributed by atoms with Crippen LogP contribution in [-0.2, 0) is 19.5 Å². The fraction of sp³-hybridized carbons (Fsp3) is 0.357. The number of halogens is 1. The van der Waals surface area contributed by atoms with Gasteiger partial charge in [0, 0.05) is 29.6 Å². The minimum atomic E-state index is -0.0641. The van der Waals surface area contributed by atoms with E-state index in [0.29, 0.717) is 19.6 Å². The first-order valence-corrected chi connectivity index (χ1v) is 7.89. The van der Waals surface area contributed by atoms with Crippen molar-refractivity contribution in [2.24, 2.45) is 0 Å². The average molecular weight is 323 g/mol. The van der Waals surface area contributed by atoms with Crippen molar-refractivity contribution in [1.29, 1.82) is 0 Å². The number of aromatic nitrogens is 2. The molecule has 2 aromatic rings. The Kier molecular flexibility index (Phi) is 4.07. The first kappa shape index (κ1) is 14.3. The smallest absolute Gasteiger partial charge is 0.318 e. The van der Waals surface area contributed by atoms with Crippen molar-refractivity contribution in [1.82, 2.24) is 20.2 Å². The number of nitrogens with one attached hydrogen (secondary N) is 1. The predicted octanol–water partition coefficient (Wildman–Crippen LogP) is 2.77. The molecule has 7 heteroatoms. The molecule has 110 valence electrons. The highest BCUT2D eigenvalue weighted by molar-refractivity contribution is 7.16. The summed E-state index contributed by atoms with van der Waals surface area (Å²) in [5, 5.41) is 2.92. The summed E-state index contributed by atoms with van der Waals surface area (Å²) in [6.07, 6.45) is 2.59. The van der Waals surface area contributed by atoms with Crippen molar-refractivity contribution in [3.05, 3.63) is 44.6 Å². The van der Waals surface area contributed by atoms with Gasteiger partial charge in [-0.1, -0.05) is 11.6 Å². The molecule has 0 atom stereocenters. The third-order valence-corrected chi connectivity index (χ3v) is 4.62. The molecule has 21 heavy (non-hydrogen) atoms. The van der Waals surface area contributed by atoms with Gasteiger partial charge in [0.25, 0.3) is 0 Å². The molecule has 3 rings (SSSR count). The van der Waals surface area contributed by atoms with Gasteiger partial charge in [-0.2, -0.15) is 0 Å². The number of fused-ring (bicyclic) bond motifs is 1. The molecule has 0 saturated carbocycles. The Hall–Kier alpha value is -1.66. The lowest BCUT2D eigenvalue weighted by Gasteiger charge is -2.28. The van der Waals surface area contributed by atoms with Gasteiger partial charge in [-0.25, -0.2) is 14.8 Å². The number of hydrogen-bond acceptors (Lipinski definition) is 4. The predicted molar refractivity (Wildman–Crippen MR) is 82.4 cm³/mol.